The number of rotatable bonds is 7. The number of carbonyl (C=O) groups excluding carboxylic acids is 4. The molecule has 1 aromatic carbocycles. The highest BCUT2D eigenvalue weighted by atomic mass is 16.7. The second-order valence-corrected chi connectivity index (χ2v) is 4.68. The highest BCUT2D eigenvalue weighted by Gasteiger charge is 2.20. The summed E-state index contributed by atoms with van der Waals surface area (Å²) in [4.78, 5) is 44.9. The number of esters is 4. The Bertz CT molecular complexity index is 606. The van der Waals surface area contributed by atoms with Gasteiger partial charge in [0.05, 0.1) is 5.56 Å². The molecular weight excluding hydrogens is 320 g/mol. The Morgan fingerprint density at radius 1 is 0.875 bits per heavy atom. The molecule has 0 saturated heterocycles. The first kappa shape index (κ1) is 19.1. The van der Waals surface area contributed by atoms with Crippen LogP contribution >= 0.6 is 0 Å². The van der Waals surface area contributed by atoms with E-state index in [-0.39, 0.29) is 12.2 Å². The molecule has 0 aliphatic carbocycles. The number of hydrogen-bond donors (Lipinski definition) is 0. The van der Waals surface area contributed by atoms with Crippen LogP contribution < -0.4 is 0 Å². The van der Waals surface area contributed by atoms with Crippen LogP contribution in [0, 0.1) is 0 Å². The number of ether oxygens (including phenoxy) is 4. The number of benzene rings is 1. The third kappa shape index (κ3) is 6.91. The molecule has 0 aliphatic heterocycles. The predicted octanol–water partition coefficient (Wildman–Crippen LogP) is 1.36. The molecule has 1 aromatic rings. The Labute approximate surface area is 138 Å². The lowest BCUT2D eigenvalue weighted by atomic mass is 10.1. The summed E-state index contributed by atoms with van der Waals surface area (Å²) < 4.78 is 19.3. The molecule has 0 atom stereocenters. The van der Waals surface area contributed by atoms with Crippen molar-refractivity contribution in [3.63, 3.8) is 0 Å². The van der Waals surface area contributed by atoms with Gasteiger partial charge in [0.25, 0.3) is 6.29 Å². The molecule has 0 radical (unpaired) electrons. The van der Waals surface area contributed by atoms with Crippen LogP contribution in [0.25, 0.3) is 0 Å². The van der Waals surface area contributed by atoms with Crippen LogP contribution in [0.1, 0.15) is 36.7 Å². The van der Waals surface area contributed by atoms with Gasteiger partial charge < -0.3 is 18.9 Å². The quantitative estimate of drug-likeness (QED) is 0.417. The molecule has 0 aliphatic rings. The molecule has 0 spiro atoms. The number of hydrogen-bond acceptors (Lipinski definition) is 8. The van der Waals surface area contributed by atoms with Gasteiger partial charge in [-0.1, -0.05) is 18.2 Å². The molecule has 0 heterocycles. The van der Waals surface area contributed by atoms with Gasteiger partial charge in [-0.2, -0.15) is 0 Å². The fraction of sp³-hybridized carbons (Fsp3) is 0.375. The van der Waals surface area contributed by atoms with Crippen molar-refractivity contribution < 1.29 is 38.1 Å². The van der Waals surface area contributed by atoms with Gasteiger partial charge in [-0.3, -0.25) is 14.4 Å². The molecule has 0 N–H and O–H groups in total. The molecule has 0 unspecified atom stereocenters. The molecule has 1 rings (SSSR count). The molecule has 8 nitrogen and oxygen atoms in total. The van der Waals surface area contributed by atoms with Gasteiger partial charge in [0.1, 0.15) is 6.61 Å². The summed E-state index contributed by atoms with van der Waals surface area (Å²) in [5.41, 5.74) is 0.636. The molecule has 0 bridgehead atoms. The largest absolute Gasteiger partial charge is 0.461 e. The molecular formula is C16H18O8. The third-order valence-corrected chi connectivity index (χ3v) is 2.61. The normalized spacial score (nSPS) is 10.0. The second-order valence-electron chi connectivity index (χ2n) is 4.68. The maximum Gasteiger partial charge on any atom is 0.338 e. The van der Waals surface area contributed by atoms with Crippen LogP contribution in [-0.2, 0) is 39.9 Å². The van der Waals surface area contributed by atoms with Crippen LogP contribution in [0.5, 0.6) is 0 Å². The van der Waals surface area contributed by atoms with Gasteiger partial charge in [0, 0.05) is 26.3 Å². The summed E-state index contributed by atoms with van der Waals surface area (Å²) >= 11 is 0. The van der Waals surface area contributed by atoms with E-state index in [9.17, 15) is 19.2 Å². The predicted molar refractivity (Wildman–Crippen MR) is 79.5 cm³/mol. The van der Waals surface area contributed by atoms with Gasteiger partial charge in [-0.05, 0) is 6.07 Å². The molecule has 8 heteroatoms. The maximum atomic E-state index is 12.1. The van der Waals surface area contributed by atoms with Crippen molar-refractivity contribution in [2.75, 3.05) is 6.61 Å². The van der Waals surface area contributed by atoms with E-state index in [0.29, 0.717) is 5.56 Å². The zero-order valence-electron chi connectivity index (χ0n) is 13.6. The highest BCUT2D eigenvalue weighted by molar-refractivity contribution is 5.91. The van der Waals surface area contributed by atoms with Gasteiger partial charge in [-0.15, -0.1) is 0 Å². The van der Waals surface area contributed by atoms with E-state index in [1.54, 1.807) is 18.2 Å². The van der Waals surface area contributed by atoms with E-state index < -0.39 is 36.8 Å². The Morgan fingerprint density at radius 3 is 2.00 bits per heavy atom. The highest BCUT2D eigenvalue weighted by Crippen LogP contribution is 2.12. The smallest absolute Gasteiger partial charge is 0.338 e. The average Bonchev–Trinajstić information content (AvgIpc) is 2.49. The molecule has 130 valence electrons. The minimum absolute atomic E-state index is 0.0854. The molecule has 0 fully saturated rings. The maximum absolute atomic E-state index is 12.1. The van der Waals surface area contributed by atoms with E-state index in [1.165, 1.54) is 13.0 Å². The van der Waals surface area contributed by atoms with E-state index in [2.05, 4.69) is 0 Å². The fourth-order valence-electron chi connectivity index (χ4n) is 1.71. The summed E-state index contributed by atoms with van der Waals surface area (Å²) in [5, 5.41) is 0. The summed E-state index contributed by atoms with van der Waals surface area (Å²) in [6, 6.07) is 6.39. The summed E-state index contributed by atoms with van der Waals surface area (Å²) in [6.07, 6.45) is -1.33. The van der Waals surface area contributed by atoms with Crippen LogP contribution in [0.4, 0.5) is 0 Å². The van der Waals surface area contributed by atoms with Crippen LogP contribution in [-0.4, -0.2) is 36.8 Å². The summed E-state index contributed by atoms with van der Waals surface area (Å²) in [6.45, 7) is 2.97. The molecule has 0 aromatic heterocycles. The molecule has 0 amide bonds. The first-order chi connectivity index (χ1) is 11.3. The summed E-state index contributed by atoms with van der Waals surface area (Å²) in [7, 11) is 0. The van der Waals surface area contributed by atoms with Crippen LogP contribution in [0.2, 0.25) is 0 Å². The van der Waals surface area contributed by atoms with Crippen LogP contribution in [0.3, 0.4) is 0 Å². The third-order valence-electron chi connectivity index (χ3n) is 2.61. The SMILES string of the molecule is CC(=O)OCc1ccccc1C(=O)OCC(OC(C)=O)OC(C)=O. The lowest BCUT2D eigenvalue weighted by Crippen LogP contribution is -2.29. The average molecular weight is 338 g/mol. The lowest BCUT2D eigenvalue weighted by molar-refractivity contribution is -0.191. The van der Waals surface area contributed by atoms with Gasteiger partial charge >= 0.3 is 23.9 Å². The summed E-state index contributed by atoms with van der Waals surface area (Å²) in [5.74, 6) is -2.59. The minimum Gasteiger partial charge on any atom is -0.461 e. The van der Waals surface area contributed by atoms with E-state index in [0.717, 1.165) is 13.8 Å². The minimum atomic E-state index is -1.33. The van der Waals surface area contributed by atoms with Crippen molar-refractivity contribution in [3.8, 4) is 0 Å². The zero-order chi connectivity index (χ0) is 18.1. The van der Waals surface area contributed by atoms with Crippen molar-refractivity contribution in [3.05, 3.63) is 35.4 Å². The zero-order valence-corrected chi connectivity index (χ0v) is 13.6. The monoisotopic (exact) mass is 338 g/mol. The first-order valence-corrected chi connectivity index (χ1v) is 7.02. The lowest BCUT2D eigenvalue weighted by Gasteiger charge is -2.17. The Kier molecular flexibility index (Phi) is 7.41. The first-order valence-electron chi connectivity index (χ1n) is 7.02. The topological polar surface area (TPSA) is 105 Å². The van der Waals surface area contributed by atoms with E-state index >= 15 is 0 Å². The van der Waals surface area contributed by atoms with Crippen molar-refractivity contribution in [1.82, 2.24) is 0 Å². The van der Waals surface area contributed by atoms with Crippen molar-refractivity contribution >= 4 is 23.9 Å². The Balaban J connectivity index is 2.74. The number of carbonyl (C=O) groups is 4. The van der Waals surface area contributed by atoms with Gasteiger partial charge in [0.2, 0.25) is 0 Å². The Morgan fingerprint density at radius 2 is 1.46 bits per heavy atom. The van der Waals surface area contributed by atoms with Crippen molar-refractivity contribution in [1.29, 1.82) is 0 Å². The van der Waals surface area contributed by atoms with Gasteiger partial charge in [0.15, 0.2) is 6.61 Å². The van der Waals surface area contributed by atoms with Crippen molar-refractivity contribution in [2.45, 2.75) is 33.7 Å². The molecule has 0 saturated carbocycles. The fourth-order valence-corrected chi connectivity index (χ4v) is 1.71. The molecule has 24 heavy (non-hydrogen) atoms. The van der Waals surface area contributed by atoms with E-state index in [4.69, 9.17) is 18.9 Å². The standard InChI is InChI=1S/C16H18O8/c1-10(17)21-8-13-6-4-5-7-14(13)16(20)22-9-15(23-11(2)18)24-12(3)19/h4-7,15H,8-9H2,1-3H3. The second kappa shape index (κ2) is 9.29. The van der Waals surface area contributed by atoms with E-state index in [1.807, 2.05) is 0 Å². The van der Waals surface area contributed by atoms with Crippen LogP contribution in [0.15, 0.2) is 24.3 Å². The Hall–Kier alpha value is -2.90. The van der Waals surface area contributed by atoms with Crippen molar-refractivity contribution in [2.24, 2.45) is 0 Å². The van der Waals surface area contributed by atoms with Gasteiger partial charge in [-0.25, -0.2) is 4.79 Å².